The van der Waals surface area contributed by atoms with E-state index < -0.39 is 25.4 Å². The number of benzene rings is 1. The van der Waals surface area contributed by atoms with Crippen molar-refractivity contribution in [2.75, 3.05) is 33.3 Å². The number of phenolic OH excluding ortho intramolecular Hbond substituents is 1. The van der Waals surface area contributed by atoms with Gasteiger partial charge >= 0.3 is 11.9 Å². The van der Waals surface area contributed by atoms with Crippen LogP contribution in [0.4, 0.5) is 0 Å². The van der Waals surface area contributed by atoms with E-state index in [1.807, 2.05) is 19.9 Å². The summed E-state index contributed by atoms with van der Waals surface area (Å²) in [6.45, 7) is 8.69. The average Bonchev–Trinajstić information content (AvgIpc) is 3.11. The predicted octanol–water partition coefficient (Wildman–Crippen LogP) is 3.72. The Labute approximate surface area is 188 Å². The molecule has 9 nitrogen and oxygen atoms in total. The van der Waals surface area contributed by atoms with Crippen molar-refractivity contribution in [2.24, 2.45) is 0 Å². The van der Waals surface area contributed by atoms with Crippen molar-refractivity contribution < 1.29 is 42.7 Å². The first kappa shape index (κ1) is 25.9. The van der Waals surface area contributed by atoms with Crippen LogP contribution in [-0.4, -0.2) is 56.5 Å². The lowest BCUT2D eigenvalue weighted by Crippen LogP contribution is -2.23. The topological polar surface area (TPSA) is 118 Å². The molecule has 32 heavy (non-hydrogen) atoms. The molecule has 0 amide bonds. The number of rotatable bonds is 11. The fraction of sp³-hybridized carbons (Fsp3) is 0.545. The van der Waals surface area contributed by atoms with Crippen LogP contribution in [0.3, 0.4) is 0 Å². The number of aromatic hydroxyl groups is 1. The molecule has 1 heterocycles. The van der Waals surface area contributed by atoms with Crippen LogP contribution in [0.5, 0.6) is 11.5 Å². The van der Waals surface area contributed by atoms with E-state index in [4.69, 9.17) is 23.5 Å². The lowest BCUT2D eigenvalue weighted by Gasteiger charge is -2.18. The Hall–Kier alpha value is -2.35. The Morgan fingerprint density at radius 2 is 2.06 bits per heavy atom. The van der Waals surface area contributed by atoms with Gasteiger partial charge in [-0.1, -0.05) is 11.6 Å². The standard InChI is InChI=1S/C22H31O9P/c1-7-29-21(24)15(4)31-32(6,26)12-28-10-13(2)8-9-16-19(23)18-17(11-30-22(18)25)14(3)20(16)27-5/h8,15,23H,7,9-12H2,1-6H3/b13-8+/t15-,32?/m0/s1. The predicted molar refractivity (Wildman–Crippen MR) is 118 cm³/mol. The van der Waals surface area contributed by atoms with Crippen molar-refractivity contribution >= 4 is 19.3 Å². The molecule has 2 rings (SSSR count). The molecule has 1 aliphatic heterocycles. The van der Waals surface area contributed by atoms with E-state index in [0.29, 0.717) is 23.3 Å². The highest BCUT2D eigenvalue weighted by atomic mass is 31.2. The smallest absolute Gasteiger partial charge is 0.342 e. The van der Waals surface area contributed by atoms with Crippen molar-refractivity contribution in [1.29, 1.82) is 0 Å². The number of ether oxygens (including phenoxy) is 4. The summed E-state index contributed by atoms with van der Waals surface area (Å²) in [6.07, 6.45) is 1.01. The number of carbonyl (C=O) groups is 2. The van der Waals surface area contributed by atoms with Gasteiger partial charge in [0.05, 0.1) is 20.3 Å². The third kappa shape index (κ3) is 6.12. The van der Waals surface area contributed by atoms with Crippen molar-refractivity contribution in [3.63, 3.8) is 0 Å². The first-order valence-corrected chi connectivity index (χ1v) is 12.5. The van der Waals surface area contributed by atoms with E-state index in [0.717, 1.165) is 11.1 Å². The first-order chi connectivity index (χ1) is 15.0. The van der Waals surface area contributed by atoms with Gasteiger partial charge in [0.15, 0.2) is 6.10 Å². The molecule has 0 saturated heterocycles. The molecule has 1 unspecified atom stereocenters. The molecule has 1 N–H and O–H groups in total. The van der Waals surface area contributed by atoms with Crippen molar-refractivity contribution in [3.8, 4) is 11.5 Å². The Bertz CT molecular complexity index is 951. The summed E-state index contributed by atoms with van der Waals surface area (Å²) >= 11 is 0. The molecular weight excluding hydrogens is 439 g/mol. The molecule has 1 aromatic rings. The highest BCUT2D eigenvalue weighted by molar-refractivity contribution is 7.58. The number of hydrogen-bond acceptors (Lipinski definition) is 9. The highest BCUT2D eigenvalue weighted by Crippen LogP contribution is 2.44. The van der Waals surface area contributed by atoms with E-state index in [9.17, 15) is 19.3 Å². The molecule has 1 aromatic carbocycles. The molecule has 10 heteroatoms. The van der Waals surface area contributed by atoms with Crippen LogP contribution in [0.25, 0.3) is 0 Å². The maximum atomic E-state index is 12.5. The SMILES string of the molecule is CCOC(=O)[C@H](C)OP(C)(=O)COC/C(C)=C/Cc1c(O)c2c(c(C)c1OC)COC2=O. The second kappa shape index (κ2) is 11.0. The number of hydrogen-bond donors (Lipinski definition) is 1. The van der Waals surface area contributed by atoms with Gasteiger partial charge in [-0.3, -0.25) is 4.57 Å². The van der Waals surface area contributed by atoms with Gasteiger partial charge in [0.1, 0.15) is 30.0 Å². The minimum atomic E-state index is -3.16. The zero-order chi connectivity index (χ0) is 24.1. The lowest BCUT2D eigenvalue weighted by molar-refractivity contribution is -0.150. The van der Waals surface area contributed by atoms with Crippen LogP contribution in [-0.2, 0) is 41.1 Å². The monoisotopic (exact) mass is 470 g/mol. The minimum Gasteiger partial charge on any atom is -0.507 e. The molecule has 0 saturated carbocycles. The Morgan fingerprint density at radius 3 is 2.69 bits per heavy atom. The maximum Gasteiger partial charge on any atom is 0.342 e. The van der Waals surface area contributed by atoms with Gasteiger partial charge in [0.25, 0.3) is 0 Å². The number of carbonyl (C=O) groups excluding carboxylic acids is 2. The molecule has 2 atom stereocenters. The maximum absolute atomic E-state index is 12.5. The molecule has 0 aliphatic carbocycles. The van der Waals surface area contributed by atoms with Gasteiger partial charge in [0.2, 0.25) is 7.37 Å². The van der Waals surface area contributed by atoms with Crippen molar-refractivity contribution in [3.05, 3.63) is 33.9 Å². The van der Waals surface area contributed by atoms with E-state index in [-0.39, 0.29) is 37.5 Å². The van der Waals surface area contributed by atoms with Crippen LogP contribution in [0.1, 0.15) is 47.8 Å². The van der Waals surface area contributed by atoms with Crippen molar-refractivity contribution in [1.82, 2.24) is 0 Å². The molecule has 1 aliphatic rings. The normalized spacial score (nSPS) is 16.2. The third-order valence-corrected chi connectivity index (χ3v) is 6.37. The van der Waals surface area contributed by atoms with Gasteiger partial charge in [-0.25, -0.2) is 9.59 Å². The third-order valence-electron chi connectivity index (χ3n) is 4.96. The summed E-state index contributed by atoms with van der Waals surface area (Å²) in [5, 5.41) is 10.6. The first-order valence-electron chi connectivity index (χ1n) is 10.3. The Balaban J connectivity index is 2.01. The number of fused-ring (bicyclic) bond motifs is 1. The summed E-state index contributed by atoms with van der Waals surface area (Å²) in [6, 6.07) is 0. The lowest BCUT2D eigenvalue weighted by atomic mass is 9.95. The summed E-state index contributed by atoms with van der Waals surface area (Å²) in [7, 11) is -1.66. The summed E-state index contributed by atoms with van der Waals surface area (Å²) in [4.78, 5) is 23.6. The van der Waals surface area contributed by atoms with Crippen LogP contribution in [0.15, 0.2) is 11.6 Å². The molecule has 0 aromatic heterocycles. The van der Waals surface area contributed by atoms with Crippen molar-refractivity contribution in [2.45, 2.75) is 46.8 Å². The van der Waals surface area contributed by atoms with Gasteiger partial charge in [0, 0.05) is 17.8 Å². The van der Waals surface area contributed by atoms with E-state index in [1.165, 1.54) is 20.7 Å². The van der Waals surface area contributed by atoms with Gasteiger partial charge < -0.3 is 28.6 Å². The van der Waals surface area contributed by atoms with Gasteiger partial charge in [-0.15, -0.1) is 0 Å². The fourth-order valence-electron chi connectivity index (χ4n) is 3.40. The second-order valence-electron chi connectivity index (χ2n) is 7.66. The van der Waals surface area contributed by atoms with Gasteiger partial charge in [-0.05, 0) is 39.7 Å². The Kier molecular flexibility index (Phi) is 8.89. The van der Waals surface area contributed by atoms with Crippen LogP contribution >= 0.6 is 7.37 Å². The molecule has 0 fully saturated rings. The number of esters is 2. The number of cyclic esters (lactones) is 1. The van der Waals surface area contributed by atoms with Gasteiger partial charge in [-0.2, -0.15) is 0 Å². The summed E-state index contributed by atoms with van der Waals surface area (Å²) < 4.78 is 38.7. The molecular formula is C22H31O9P. The van der Waals surface area contributed by atoms with E-state index in [1.54, 1.807) is 6.92 Å². The van der Waals surface area contributed by atoms with Crippen LogP contribution in [0.2, 0.25) is 0 Å². The Morgan fingerprint density at radius 1 is 1.38 bits per heavy atom. The number of phenols is 1. The molecule has 0 radical (unpaired) electrons. The van der Waals surface area contributed by atoms with Crippen LogP contribution < -0.4 is 4.74 Å². The summed E-state index contributed by atoms with van der Waals surface area (Å²) in [5.41, 5.74) is 2.86. The number of allylic oxidation sites excluding steroid dienone is 1. The quantitative estimate of drug-likeness (QED) is 0.293. The second-order valence-corrected chi connectivity index (χ2v) is 10.2. The molecule has 0 spiro atoms. The fourth-order valence-corrected chi connectivity index (χ4v) is 4.64. The number of methoxy groups -OCH3 is 1. The highest BCUT2D eigenvalue weighted by Gasteiger charge is 2.32. The zero-order valence-electron chi connectivity index (χ0n) is 19.4. The van der Waals surface area contributed by atoms with E-state index in [2.05, 4.69) is 0 Å². The van der Waals surface area contributed by atoms with Crippen LogP contribution in [0, 0.1) is 6.92 Å². The largest absolute Gasteiger partial charge is 0.507 e. The zero-order valence-corrected chi connectivity index (χ0v) is 20.2. The molecule has 178 valence electrons. The average molecular weight is 470 g/mol. The minimum absolute atomic E-state index is 0.112. The summed E-state index contributed by atoms with van der Waals surface area (Å²) in [5.74, 6) is -0.768. The van der Waals surface area contributed by atoms with E-state index >= 15 is 0 Å². The molecule has 0 bridgehead atoms.